The summed E-state index contributed by atoms with van der Waals surface area (Å²) in [4.78, 5) is 12.7. The van der Waals surface area contributed by atoms with E-state index in [-0.39, 0.29) is 17.5 Å². The van der Waals surface area contributed by atoms with Gasteiger partial charge < -0.3 is 5.32 Å². The lowest BCUT2D eigenvalue weighted by atomic mass is 10.1. The fourth-order valence-electron chi connectivity index (χ4n) is 2.36. The van der Waals surface area contributed by atoms with Gasteiger partial charge in [0.05, 0.1) is 17.2 Å². The van der Waals surface area contributed by atoms with E-state index in [1.165, 1.54) is 12.1 Å². The van der Waals surface area contributed by atoms with Crippen LogP contribution in [0, 0.1) is 5.82 Å². The van der Waals surface area contributed by atoms with Crippen LogP contribution in [0.2, 0.25) is 5.02 Å². The minimum atomic E-state index is -0.943. The van der Waals surface area contributed by atoms with Gasteiger partial charge in [0.2, 0.25) is 0 Å². The summed E-state index contributed by atoms with van der Waals surface area (Å²) in [6, 6.07) is 6.21. The molecule has 6 nitrogen and oxygen atoms in total. The lowest BCUT2D eigenvalue weighted by Gasteiger charge is -2.23. The monoisotopic (exact) mass is 439 g/mol. The van der Waals surface area contributed by atoms with E-state index in [2.05, 4.69) is 31.4 Å². The van der Waals surface area contributed by atoms with Gasteiger partial charge in [-0.1, -0.05) is 23.7 Å². The number of carbonyl (C=O) groups is 1. The number of benzene rings is 1. The normalized spacial score (nSPS) is 11.6. The molecule has 9 heteroatoms. The summed E-state index contributed by atoms with van der Waals surface area (Å²) in [5, 5.41) is 11.5. The molecule has 0 unspecified atom stereocenters. The number of carbonyl (C=O) groups excluding carboxylic acids is 1. The molecule has 2 aromatic heterocycles. The van der Waals surface area contributed by atoms with Gasteiger partial charge in [-0.15, -0.1) is 0 Å². The Morgan fingerprint density at radius 1 is 1.38 bits per heavy atom. The Balaban J connectivity index is 1.76. The zero-order valence-electron chi connectivity index (χ0n) is 14.1. The van der Waals surface area contributed by atoms with Gasteiger partial charge >= 0.3 is 0 Å². The molecule has 0 aliphatic heterocycles. The molecule has 0 aliphatic rings. The van der Waals surface area contributed by atoms with Gasteiger partial charge in [0, 0.05) is 12.4 Å². The SMILES string of the molecule is CC(C)(C(=O)Nc1nn(Cc2cccc(F)c2)cc1Cl)n1cc(Br)cn1. The van der Waals surface area contributed by atoms with E-state index in [1.54, 1.807) is 53.9 Å². The van der Waals surface area contributed by atoms with Gasteiger partial charge in [0.15, 0.2) is 5.82 Å². The van der Waals surface area contributed by atoms with Crippen LogP contribution in [0.15, 0.2) is 47.3 Å². The van der Waals surface area contributed by atoms with Crippen LogP contribution in [-0.2, 0) is 16.9 Å². The Bertz CT molecular complexity index is 952. The molecule has 1 N–H and O–H groups in total. The fraction of sp³-hybridized carbons (Fsp3) is 0.235. The molecule has 3 rings (SSSR count). The van der Waals surface area contributed by atoms with Gasteiger partial charge in [-0.2, -0.15) is 10.2 Å². The Kier molecular flexibility index (Phi) is 5.15. The molecule has 0 saturated carbocycles. The van der Waals surface area contributed by atoms with Crippen LogP contribution in [-0.4, -0.2) is 25.5 Å². The van der Waals surface area contributed by atoms with E-state index in [1.807, 2.05) is 0 Å². The Hall–Kier alpha value is -2.19. The number of rotatable bonds is 5. The Morgan fingerprint density at radius 3 is 2.81 bits per heavy atom. The van der Waals surface area contributed by atoms with Crippen LogP contribution in [0.1, 0.15) is 19.4 Å². The van der Waals surface area contributed by atoms with Crippen molar-refractivity contribution in [3.63, 3.8) is 0 Å². The number of aromatic nitrogens is 4. The Morgan fingerprint density at radius 2 is 2.15 bits per heavy atom. The first kappa shape index (κ1) is 18.6. The summed E-state index contributed by atoms with van der Waals surface area (Å²) in [7, 11) is 0. The lowest BCUT2D eigenvalue weighted by Crippen LogP contribution is -2.40. The predicted octanol–water partition coefficient (Wildman–Crippen LogP) is 4.06. The van der Waals surface area contributed by atoms with Crippen LogP contribution in [0.4, 0.5) is 10.2 Å². The average Bonchev–Trinajstić information content (AvgIpc) is 3.14. The number of hydrogen-bond acceptors (Lipinski definition) is 3. The van der Waals surface area contributed by atoms with Crippen molar-refractivity contribution < 1.29 is 9.18 Å². The molecule has 26 heavy (non-hydrogen) atoms. The Labute approximate surface area is 163 Å². The van der Waals surface area contributed by atoms with E-state index in [0.29, 0.717) is 11.6 Å². The zero-order valence-corrected chi connectivity index (χ0v) is 16.4. The number of amides is 1. The van der Waals surface area contributed by atoms with Gasteiger partial charge in [-0.25, -0.2) is 4.39 Å². The molecule has 0 radical (unpaired) electrons. The molecule has 0 spiro atoms. The largest absolute Gasteiger partial charge is 0.306 e. The number of hydrogen-bond donors (Lipinski definition) is 1. The van der Waals surface area contributed by atoms with Crippen molar-refractivity contribution in [2.45, 2.75) is 25.9 Å². The first-order chi connectivity index (χ1) is 12.3. The predicted molar refractivity (Wildman–Crippen MR) is 101 cm³/mol. The molecular formula is C17H16BrClFN5O. The van der Waals surface area contributed by atoms with Crippen LogP contribution in [0.3, 0.4) is 0 Å². The average molecular weight is 441 g/mol. The van der Waals surface area contributed by atoms with Gasteiger partial charge in [0.25, 0.3) is 5.91 Å². The van der Waals surface area contributed by atoms with Crippen molar-refractivity contribution >= 4 is 39.3 Å². The van der Waals surface area contributed by atoms with Gasteiger partial charge in [0.1, 0.15) is 16.4 Å². The minimum absolute atomic E-state index is 0.243. The van der Waals surface area contributed by atoms with Crippen molar-refractivity contribution in [2.75, 3.05) is 5.32 Å². The molecule has 0 bridgehead atoms. The van der Waals surface area contributed by atoms with Crippen LogP contribution < -0.4 is 5.32 Å². The molecule has 0 fully saturated rings. The van der Waals surface area contributed by atoms with E-state index < -0.39 is 5.54 Å². The molecule has 136 valence electrons. The topological polar surface area (TPSA) is 64.7 Å². The molecule has 3 aromatic rings. The molecular weight excluding hydrogens is 425 g/mol. The maximum Gasteiger partial charge on any atom is 0.253 e. The van der Waals surface area contributed by atoms with Gasteiger partial charge in [-0.3, -0.25) is 14.2 Å². The van der Waals surface area contributed by atoms with Crippen LogP contribution in [0.5, 0.6) is 0 Å². The van der Waals surface area contributed by atoms with Gasteiger partial charge in [-0.05, 0) is 47.5 Å². The van der Waals surface area contributed by atoms with Crippen LogP contribution >= 0.6 is 27.5 Å². The maximum atomic E-state index is 13.3. The summed E-state index contributed by atoms with van der Waals surface area (Å²) in [5.41, 5.74) is -0.203. The molecule has 0 aliphatic carbocycles. The standard InChI is InChI=1S/C17H16BrClFN5O/c1-17(2,25-9-12(18)7-21-25)16(26)22-15-14(19)10-24(23-15)8-11-4-3-5-13(20)6-11/h3-7,9-10H,8H2,1-2H3,(H,22,23,26). The number of halogens is 3. The third kappa shape index (κ3) is 3.96. The fourth-order valence-corrected chi connectivity index (χ4v) is 2.84. The molecule has 0 saturated heterocycles. The highest BCUT2D eigenvalue weighted by molar-refractivity contribution is 9.10. The smallest absolute Gasteiger partial charge is 0.253 e. The van der Waals surface area contributed by atoms with E-state index in [9.17, 15) is 9.18 Å². The lowest BCUT2D eigenvalue weighted by molar-refractivity contribution is -0.123. The first-order valence-corrected chi connectivity index (χ1v) is 8.92. The van der Waals surface area contributed by atoms with Crippen molar-refractivity contribution in [3.8, 4) is 0 Å². The highest BCUT2D eigenvalue weighted by Gasteiger charge is 2.31. The second-order valence-corrected chi connectivity index (χ2v) is 7.59. The van der Waals surface area contributed by atoms with Crippen molar-refractivity contribution in [1.29, 1.82) is 0 Å². The summed E-state index contributed by atoms with van der Waals surface area (Å²) in [6.45, 7) is 3.81. The molecule has 0 atom stereocenters. The third-order valence-electron chi connectivity index (χ3n) is 3.86. The molecule has 2 heterocycles. The zero-order chi connectivity index (χ0) is 18.9. The summed E-state index contributed by atoms with van der Waals surface area (Å²) in [5.74, 6) is -0.389. The number of nitrogens with zero attached hydrogens (tertiary/aromatic N) is 4. The number of anilines is 1. The second kappa shape index (κ2) is 7.20. The van der Waals surface area contributed by atoms with Crippen LogP contribution in [0.25, 0.3) is 0 Å². The summed E-state index contributed by atoms with van der Waals surface area (Å²) in [6.07, 6.45) is 4.90. The number of nitrogens with one attached hydrogen (secondary N) is 1. The summed E-state index contributed by atoms with van der Waals surface area (Å²) >= 11 is 9.50. The molecule has 1 amide bonds. The molecule has 1 aromatic carbocycles. The third-order valence-corrected chi connectivity index (χ3v) is 4.55. The minimum Gasteiger partial charge on any atom is -0.306 e. The quantitative estimate of drug-likeness (QED) is 0.651. The van der Waals surface area contributed by atoms with Crippen molar-refractivity contribution in [1.82, 2.24) is 19.6 Å². The first-order valence-electron chi connectivity index (χ1n) is 7.75. The highest BCUT2D eigenvalue weighted by atomic mass is 79.9. The van der Waals surface area contributed by atoms with E-state index >= 15 is 0 Å². The van der Waals surface area contributed by atoms with E-state index in [0.717, 1.165) is 10.0 Å². The highest BCUT2D eigenvalue weighted by Crippen LogP contribution is 2.24. The summed E-state index contributed by atoms with van der Waals surface area (Å²) < 4.78 is 17.2. The van der Waals surface area contributed by atoms with E-state index in [4.69, 9.17) is 11.6 Å². The van der Waals surface area contributed by atoms with Crippen molar-refractivity contribution in [3.05, 3.63) is 63.7 Å². The van der Waals surface area contributed by atoms with Crippen molar-refractivity contribution in [2.24, 2.45) is 0 Å². The maximum absolute atomic E-state index is 13.3. The second-order valence-electron chi connectivity index (χ2n) is 6.27.